The van der Waals surface area contributed by atoms with E-state index in [0.717, 1.165) is 6.07 Å². The van der Waals surface area contributed by atoms with E-state index >= 15 is 0 Å². The van der Waals surface area contributed by atoms with Crippen molar-refractivity contribution in [3.05, 3.63) is 70.3 Å². The van der Waals surface area contributed by atoms with Crippen molar-refractivity contribution in [2.24, 2.45) is 0 Å². The average Bonchev–Trinajstić information content (AvgIpc) is 3.45. The summed E-state index contributed by atoms with van der Waals surface area (Å²) in [7, 11) is -1.65. The first-order valence-electron chi connectivity index (χ1n) is 8.38. The van der Waals surface area contributed by atoms with E-state index in [1.165, 1.54) is 44.0 Å². The molecule has 29 heavy (non-hydrogen) atoms. The van der Waals surface area contributed by atoms with Crippen LogP contribution in [0.3, 0.4) is 0 Å². The number of sulfonamides is 1. The van der Waals surface area contributed by atoms with Crippen LogP contribution in [0.4, 0.5) is 0 Å². The molecule has 0 amide bonds. The Labute approximate surface area is 171 Å². The molecule has 1 aromatic carbocycles. The predicted octanol–water partition coefficient (Wildman–Crippen LogP) is 2.35. The molecule has 0 fully saturated rings. The SMILES string of the molecule is COC(=O)c1ccc(OC)c(S(=O)(=O)NC[C@@](O)(c2ccco2)c2cccs2)c1. The molecule has 0 aliphatic heterocycles. The van der Waals surface area contributed by atoms with Crippen LogP contribution in [0.25, 0.3) is 0 Å². The Morgan fingerprint density at radius 3 is 2.62 bits per heavy atom. The molecule has 0 spiro atoms. The van der Waals surface area contributed by atoms with Crippen molar-refractivity contribution in [2.45, 2.75) is 10.5 Å². The Morgan fingerprint density at radius 2 is 2.03 bits per heavy atom. The summed E-state index contributed by atoms with van der Waals surface area (Å²) in [5.74, 6) is -0.449. The minimum absolute atomic E-state index is 0.0443. The fraction of sp³-hybridized carbons (Fsp3) is 0.211. The number of thiophene rings is 1. The van der Waals surface area contributed by atoms with Gasteiger partial charge in [0.05, 0.1) is 32.6 Å². The van der Waals surface area contributed by atoms with Crippen molar-refractivity contribution in [1.29, 1.82) is 0 Å². The number of benzene rings is 1. The second kappa shape index (κ2) is 8.37. The summed E-state index contributed by atoms with van der Waals surface area (Å²) in [6, 6.07) is 10.5. The number of carbonyl (C=O) groups excluding carboxylic acids is 1. The monoisotopic (exact) mass is 437 g/mol. The van der Waals surface area contributed by atoms with Gasteiger partial charge in [0.1, 0.15) is 16.4 Å². The van der Waals surface area contributed by atoms with Gasteiger partial charge in [-0.3, -0.25) is 0 Å². The van der Waals surface area contributed by atoms with E-state index in [-0.39, 0.29) is 22.0 Å². The molecule has 3 rings (SSSR count). The van der Waals surface area contributed by atoms with Gasteiger partial charge in [-0.2, -0.15) is 0 Å². The Bertz CT molecular complexity index is 1040. The third-order valence-corrected chi connectivity index (χ3v) is 6.69. The highest BCUT2D eigenvalue weighted by molar-refractivity contribution is 7.89. The van der Waals surface area contributed by atoms with Crippen LogP contribution in [0.15, 0.2) is 63.4 Å². The molecule has 1 atom stereocenters. The summed E-state index contributed by atoms with van der Waals surface area (Å²) in [5, 5.41) is 13.0. The molecule has 3 aromatic rings. The van der Waals surface area contributed by atoms with Crippen LogP contribution in [-0.4, -0.2) is 40.3 Å². The fourth-order valence-corrected chi connectivity index (χ4v) is 4.81. The van der Waals surface area contributed by atoms with Crippen LogP contribution < -0.4 is 9.46 Å². The molecule has 0 aliphatic rings. The highest BCUT2D eigenvalue weighted by Crippen LogP contribution is 2.33. The maximum Gasteiger partial charge on any atom is 0.337 e. The average molecular weight is 437 g/mol. The van der Waals surface area contributed by atoms with Gasteiger partial charge in [0, 0.05) is 4.88 Å². The lowest BCUT2D eigenvalue weighted by Gasteiger charge is -2.25. The van der Waals surface area contributed by atoms with Crippen molar-refractivity contribution in [3.8, 4) is 5.75 Å². The molecular formula is C19H19NO7S2. The number of esters is 1. The zero-order valence-electron chi connectivity index (χ0n) is 15.6. The van der Waals surface area contributed by atoms with E-state index in [1.807, 2.05) is 0 Å². The standard InChI is InChI=1S/C19H19NO7S2/c1-25-14-8-7-13(18(21)26-2)11-15(14)29(23,24)20-12-19(22,16-5-3-9-27-16)17-6-4-10-28-17/h3-11,20,22H,12H2,1-2H3/t19-/m1/s1. The molecule has 2 heterocycles. The Morgan fingerprint density at radius 1 is 1.24 bits per heavy atom. The molecular weight excluding hydrogens is 418 g/mol. The van der Waals surface area contributed by atoms with Gasteiger partial charge < -0.3 is 19.0 Å². The van der Waals surface area contributed by atoms with Gasteiger partial charge in [0.25, 0.3) is 0 Å². The van der Waals surface area contributed by atoms with Crippen molar-refractivity contribution < 1.29 is 32.2 Å². The van der Waals surface area contributed by atoms with E-state index < -0.39 is 28.1 Å². The zero-order valence-corrected chi connectivity index (χ0v) is 17.2. The molecule has 2 N–H and O–H groups in total. The summed E-state index contributed by atoms with van der Waals surface area (Å²) in [4.78, 5) is 12.0. The van der Waals surface area contributed by atoms with Crippen molar-refractivity contribution >= 4 is 27.3 Å². The molecule has 0 aliphatic carbocycles. The van der Waals surface area contributed by atoms with Gasteiger partial charge >= 0.3 is 5.97 Å². The maximum absolute atomic E-state index is 13.0. The van der Waals surface area contributed by atoms with E-state index in [2.05, 4.69) is 9.46 Å². The third-order valence-electron chi connectivity index (χ3n) is 4.25. The van der Waals surface area contributed by atoms with E-state index in [9.17, 15) is 18.3 Å². The van der Waals surface area contributed by atoms with Crippen LogP contribution in [0, 0.1) is 0 Å². The molecule has 8 nitrogen and oxygen atoms in total. The third kappa shape index (κ3) is 4.20. The predicted molar refractivity (Wildman–Crippen MR) is 106 cm³/mol. The highest BCUT2D eigenvalue weighted by Gasteiger charge is 2.37. The summed E-state index contributed by atoms with van der Waals surface area (Å²) in [6.45, 7) is -0.394. The summed E-state index contributed by atoms with van der Waals surface area (Å²) >= 11 is 1.26. The quantitative estimate of drug-likeness (QED) is 0.520. The zero-order chi connectivity index (χ0) is 21.1. The first-order valence-corrected chi connectivity index (χ1v) is 10.7. The molecule has 154 valence electrons. The minimum atomic E-state index is -4.16. The van der Waals surface area contributed by atoms with Crippen molar-refractivity contribution in [1.82, 2.24) is 4.72 Å². The van der Waals surface area contributed by atoms with Gasteiger partial charge in [-0.1, -0.05) is 6.07 Å². The van der Waals surface area contributed by atoms with Gasteiger partial charge in [-0.25, -0.2) is 17.9 Å². The lowest BCUT2D eigenvalue weighted by atomic mass is 9.99. The topological polar surface area (TPSA) is 115 Å². The van der Waals surface area contributed by atoms with Crippen LogP contribution in [0.5, 0.6) is 5.75 Å². The van der Waals surface area contributed by atoms with Gasteiger partial charge in [0.2, 0.25) is 10.0 Å². The Balaban J connectivity index is 1.96. The van der Waals surface area contributed by atoms with Gasteiger partial charge in [-0.05, 0) is 41.8 Å². The number of hydrogen-bond acceptors (Lipinski definition) is 8. The molecule has 0 saturated heterocycles. The number of furan rings is 1. The number of rotatable bonds is 8. The Hall–Kier alpha value is -2.66. The van der Waals surface area contributed by atoms with Gasteiger partial charge in [-0.15, -0.1) is 11.3 Å². The molecule has 0 saturated carbocycles. The highest BCUT2D eigenvalue weighted by atomic mass is 32.2. The lowest BCUT2D eigenvalue weighted by molar-refractivity contribution is 0.0600. The summed E-state index contributed by atoms with van der Waals surface area (Å²) in [6.07, 6.45) is 1.39. The molecule has 2 aromatic heterocycles. The van der Waals surface area contributed by atoms with E-state index in [0.29, 0.717) is 4.88 Å². The smallest absolute Gasteiger partial charge is 0.337 e. The second-order valence-electron chi connectivity index (χ2n) is 6.00. The molecule has 0 bridgehead atoms. The first-order chi connectivity index (χ1) is 13.8. The number of nitrogens with one attached hydrogen (secondary N) is 1. The Kier molecular flexibility index (Phi) is 6.08. The number of hydrogen-bond donors (Lipinski definition) is 2. The largest absolute Gasteiger partial charge is 0.495 e. The first kappa shape index (κ1) is 21.1. The van der Waals surface area contributed by atoms with Crippen molar-refractivity contribution in [3.63, 3.8) is 0 Å². The summed E-state index contributed by atoms with van der Waals surface area (Å²) in [5.41, 5.74) is -1.66. The van der Waals surface area contributed by atoms with E-state index in [4.69, 9.17) is 9.15 Å². The van der Waals surface area contributed by atoms with Crippen LogP contribution in [0.1, 0.15) is 21.0 Å². The second-order valence-corrected chi connectivity index (χ2v) is 8.68. The molecule has 10 heteroatoms. The molecule has 0 radical (unpaired) electrons. The normalized spacial score (nSPS) is 13.6. The van der Waals surface area contributed by atoms with E-state index in [1.54, 1.807) is 29.6 Å². The van der Waals surface area contributed by atoms with Crippen LogP contribution >= 0.6 is 11.3 Å². The minimum Gasteiger partial charge on any atom is -0.495 e. The lowest BCUT2D eigenvalue weighted by Crippen LogP contribution is -2.41. The number of carbonyl (C=O) groups is 1. The van der Waals surface area contributed by atoms with Crippen molar-refractivity contribution in [2.75, 3.05) is 20.8 Å². The maximum atomic E-state index is 13.0. The van der Waals surface area contributed by atoms with Crippen LogP contribution in [0.2, 0.25) is 0 Å². The molecule has 0 unspecified atom stereocenters. The number of ether oxygens (including phenoxy) is 2. The van der Waals surface area contributed by atoms with Crippen LogP contribution in [-0.2, 0) is 20.4 Å². The summed E-state index contributed by atoms with van der Waals surface area (Å²) < 4.78 is 43.5. The number of methoxy groups -OCH3 is 2. The van der Waals surface area contributed by atoms with Gasteiger partial charge in [0.15, 0.2) is 5.60 Å². The number of aliphatic hydroxyl groups is 1. The fourth-order valence-electron chi connectivity index (χ4n) is 2.73.